The fraction of sp³-hybridized carbons (Fsp3) is 0.143. The van der Waals surface area contributed by atoms with E-state index in [1.807, 2.05) is 31.2 Å². The van der Waals surface area contributed by atoms with Crippen molar-refractivity contribution in [1.29, 1.82) is 0 Å². The molecular weight excluding hydrogens is 258 g/mol. The summed E-state index contributed by atoms with van der Waals surface area (Å²) >= 11 is 1.60. The minimum absolute atomic E-state index is 0.0662. The van der Waals surface area contributed by atoms with Gasteiger partial charge >= 0.3 is 0 Å². The van der Waals surface area contributed by atoms with E-state index in [0.29, 0.717) is 12.1 Å². The number of benzene rings is 1. The van der Waals surface area contributed by atoms with Crippen molar-refractivity contribution >= 4 is 28.1 Å². The highest BCUT2D eigenvalue weighted by molar-refractivity contribution is 7.11. The molecule has 1 amide bonds. The molecule has 96 valence electrons. The predicted molar refractivity (Wildman–Crippen MR) is 76.3 cm³/mol. The monoisotopic (exact) mass is 271 g/mol. The molecule has 2 heterocycles. The van der Waals surface area contributed by atoms with Crippen LogP contribution < -0.4 is 5.32 Å². The van der Waals surface area contributed by atoms with Crippen molar-refractivity contribution in [2.45, 2.75) is 13.5 Å². The molecule has 5 heteroatoms. The third-order valence-electron chi connectivity index (χ3n) is 2.93. The van der Waals surface area contributed by atoms with Crippen molar-refractivity contribution in [3.63, 3.8) is 0 Å². The molecule has 0 unspecified atom stereocenters. The van der Waals surface area contributed by atoms with Crippen LogP contribution in [-0.2, 0) is 6.54 Å². The lowest BCUT2D eigenvalue weighted by atomic mass is 10.1. The number of hydrogen-bond acceptors (Lipinski definition) is 3. The quantitative estimate of drug-likeness (QED) is 0.769. The van der Waals surface area contributed by atoms with E-state index in [1.54, 1.807) is 23.7 Å². The molecular formula is C14H13N3OS. The van der Waals surface area contributed by atoms with Gasteiger partial charge in [-0.15, -0.1) is 11.3 Å². The predicted octanol–water partition coefficient (Wildman–Crippen LogP) is 2.86. The molecule has 0 saturated carbocycles. The van der Waals surface area contributed by atoms with E-state index in [4.69, 9.17) is 0 Å². The van der Waals surface area contributed by atoms with Crippen LogP contribution in [0.5, 0.6) is 0 Å². The summed E-state index contributed by atoms with van der Waals surface area (Å²) in [6.45, 7) is 2.47. The van der Waals surface area contributed by atoms with Crippen molar-refractivity contribution < 1.29 is 4.79 Å². The molecule has 0 spiro atoms. The summed E-state index contributed by atoms with van der Waals surface area (Å²) in [6, 6.07) is 7.77. The summed E-state index contributed by atoms with van der Waals surface area (Å²) < 4.78 is 0. The number of fused-ring (bicyclic) bond motifs is 1. The molecule has 19 heavy (non-hydrogen) atoms. The van der Waals surface area contributed by atoms with Crippen LogP contribution in [0.2, 0.25) is 0 Å². The van der Waals surface area contributed by atoms with Crippen LogP contribution in [-0.4, -0.2) is 15.9 Å². The second kappa shape index (κ2) is 4.85. The van der Waals surface area contributed by atoms with Crippen LogP contribution in [0.1, 0.15) is 20.2 Å². The maximum Gasteiger partial charge on any atom is 0.253 e. The number of aromatic nitrogens is 2. The Balaban J connectivity index is 1.77. The fourth-order valence-corrected chi connectivity index (χ4v) is 2.74. The van der Waals surface area contributed by atoms with E-state index >= 15 is 0 Å². The Morgan fingerprint density at radius 3 is 3.05 bits per heavy atom. The van der Waals surface area contributed by atoms with Crippen molar-refractivity contribution in [1.82, 2.24) is 15.3 Å². The number of H-pyrrole nitrogens is 1. The van der Waals surface area contributed by atoms with Crippen molar-refractivity contribution in [2.24, 2.45) is 0 Å². The number of aromatic amines is 1. The molecule has 0 aliphatic heterocycles. The van der Waals surface area contributed by atoms with Crippen molar-refractivity contribution in [2.75, 3.05) is 0 Å². The molecule has 0 atom stereocenters. The minimum Gasteiger partial charge on any atom is -0.360 e. The zero-order chi connectivity index (χ0) is 13.2. The maximum absolute atomic E-state index is 12.2. The Hall–Kier alpha value is -2.14. The molecule has 4 nitrogen and oxygen atoms in total. The largest absolute Gasteiger partial charge is 0.360 e. The lowest BCUT2D eigenvalue weighted by Gasteiger charge is -2.01. The number of carbonyl (C=O) groups is 1. The van der Waals surface area contributed by atoms with Gasteiger partial charge in [0.2, 0.25) is 0 Å². The highest BCUT2D eigenvalue weighted by Crippen LogP contribution is 2.18. The molecule has 2 N–H and O–H groups in total. The Morgan fingerprint density at radius 2 is 2.26 bits per heavy atom. The Morgan fingerprint density at radius 1 is 1.42 bits per heavy atom. The third kappa shape index (κ3) is 2.37. The van der Waals surface area contributed by atoms with Gasteiger partial charge in [-0.25, -0.2) is 4.98 Å². The number of hydrogen-bond donors (Lipinski definition) is 2. The Kier molecular flexibility index (Phi) is 3.05. The van der Waals surface area contributed by atoms with Gasteiger partial charge in [-0.05, 0) is 13.0 Å². The third-order valence-corrected chi connectivity index (χ3v) is 3.84. The van der Waals surface area contributed by atoms with E-state index in [-0.39, 0.29) is 5.91 Å². The number of thiazole rings is 1. The normalized spacial score (nSPS) is 10.8. The second-order valence-corrected chi connectivity index (χ2v) is 5.60. The van der Waals surface area contributed by atoms with Gasteiger partial charge in [0.1, 0.15) is 0 Å². The summed E-state index contributed by atoms with van der Waals surface area (Å²) in [5.74, 6) is -0.0662. The first kappa shape index (κ1) is 11.9. The molecule has 3 aromatic rings. The van der Waals surface area contributed by atoms with Crippen molar-refractivity contribution in [3.8, 4) is 0 Å². The SMILES string of the molecule is Cc1ncc(CNC(=O)c2c[nH]c3ccccc23)s1. The summed E-state index contributed by atoms with van der Waals surface area (Å²) in [6.07, 6.45) is 3.55. The number of aryl methyl sites for hydroxylation is 1. The van der Waals surface area contributed by atoms with E-state index in [1.165, 1.54) is 0 Å². The van der Waals surface area contributed by atoms with Gasteiger partial charge in [-0.3, -0.25) is 4.79 Å². The zero-order valence-corrected chi connectivity index (χ0v) is 11.3. The molecule has 0 aliphatic carbocycles. The van der Waals surface area contributed by atoms with Gasteiger partial charge in [-0.2, -0.15) is 0 Å². The van der Waals surface area contributed by atoms with E-state index < -0.39 is 0 Å². The van der Waals surface area contributed by atoms with Gasteiger partial charge in [0.05, 0.1) is 17.1 Å². The molecule has 0 bridgehead atoms. The van der Waals surface area contributed by atoms with E-state index in [2.05, 4.69) is 15.3 Å². The number of nitrogens with zero attached hydrogens (tertiary/aromatic N) is 1. The standard InChI is InChI=1S/C14H13N3OS/c1-9-15-6-10(19-9)7-17-14(18)12-8-16-13-5-3-2-4-11(12)13/h2-6,8,16H,7H2,1H3,(H,17,18). The van der Waals surface area contributed by atoms with Gasteiger partial charge < -0.3 is 10.3 Å². The number of nitrogens with one attached hydrogen (secondary N) is 2. The van der Waals surface area contributed by atoms with Gasteiger partial charge in [0, 0.05) is 28.2 Å². The molecule has 1 aromatic carbocycles. The van der Waals surface area contributed by atoms with E-state index in [9.17, 15) is 4.79 Å². The highest BCUT2D eigenvalue weighted by Gasteiger charge is 2.11. The number of carbonyl (C=O) groups excluding carboxylic acids is 1. The molecule has 0 radical (unpaired) electrons. The smallest absolute Gasteiger partial charge is 0.253 e. The first-order valence-corrected chi connectivity index (χ1v) is 6.81. The first-order chi connectivity index (χ1) is 9.24. The molecule has 2 aromatic heterocycles. The summed E-state index contributed by atoms with van der Waals surface area (Å²) in [7, 11) is 0. The fourth-order valence-electron chi connectivity index (χ4n) is 2.01. The van der Waals surface area contributed by atoms with Gasteiger partial charge in [0.25, 0.3) is 5.91 Å². The lowest BCUT2D eigenvalue weighted by Crippen LogP contribution is -2.21. The van der Waals surface area contributed by atoms with Gasteiger partial charge in [-0.1, -0.05) is 18.2 Å². The average molecular weight is 271 g/mol. The Bertz CT molecular complexity index is 729. The lowest BCUT2D eigenvalue weighted by molar-refractivity contribution is 0.0953. The minimum atomic E-state index is -0.0662. The first-order valence-electron chi connectivity index (χ1n) is 5.99. The zero-order valence-electron chi connectivity index (χ0n) is 10.4. The van der Waals surface area contributed by atoms with Crippen LogP contribution in [0, 0.1) is 6.92 Å². The number of para-hydroxylation sites is 1. The molecule has 0 fully saturated rings. The van der Waals surface area contributed by atoms with Crippen LogP contribution in [0.3, 0.4) is 0 Å². The number of amides is 1. The molecule has 0 aliphatic rings. The topological polar surface area (TPSA) is 57.8 Å². The molecule has 3 rings (SSSR count). The maximum atomic E-state index is 12.2. The van der Waals surface area contributed by atoms with Crippen LogP contribution in [0.15, 0.2) is 36.7 Å². The van der Waals surface area contributed by atoms with Gasteiger partial charge in [0.15, 0.2) is 0 Å². The summed E-state index contributed by atoms with van der Waals surface area (Å²) in [5.41, 5.74) is 1.65. The highest BCUT2D eigenvalue weighted by atomic mass is 32.1. The van der Waals surface area contributed by atoms with Crippen LogP contribution in [0.25, 0.3) is 10.9 Å². The summed E-state index contributed by atoms with van der Waals surface area (Å²) in [5, 5.41) is 4.87. The van der Waals surface area contributed by atoms with E-state index in [0.717, 1.165) is 20.8 Å². The van der Waals surface area contributed by atoms with Crippen molar-refractivity contribution in [3.05, 3.63) is 52.1 Å². The number of rotatable bonds is 3. The average Bonchev–Trinajstić information content (AvgIpc) is 3.02. The summed E-state index contributed by atoms with van der Waals surface area (Å²) in [4.78, 5) is 20.5. The van der Waals surface area contributed by atoms with Crippen LogP contribution in [0.4, 0.5) is 0 Å². The molecule has 0 saturated heterocycles. The second-order valence-electron chi connectivity index (χ2n) is 4.28. The van der Waals surface area contributed by atoms with Crippen LogP contribution >= 0.6 is 11.3 Å². The Labute approximate surface area is 114 Å².